The Hall–Kier alpha value is -2.42. The monoisotopic (exact) mass is 382 g/mol. The third kappa shape index (κ3) is 5.04. The Labute approximate surface area is 154 Å². The van der Waals surface area contributed by atoms with E-state index in [9.17, 15) is 13.6 Å². The van der Waals surface area contributed by atoms with Crippen LogP contribution in [0.2, 0.25) is 0 Å². The zero-order valence-electron chi connectivity index (χ0n) is 14.1. The smallest absolute Gasteiger partial charge is 0.387 e. The molecule has 1 aromatic heterocycles. The highest BCUT2D eigenvalue weighted by Crippen LogP contribution is 2.19. The van der Waals surface area contributed by atoms with Crippen molar-refractivity contribution >= 4 is 22.5 Å². The lowest BCUT2D eigenvalue weighted by molar-refractivity contribution is -0.0498. The van der Waals surface area contributed by atoms with Crippen LogP contribution in [0.5, 0.6) is 5.75 Å². The molecule has 0 aliphatic carbocycles. The molecule has 1 N–H and O–H groups in total. The number of rotatable bonds is 6. The van der Waals surface area contributed by atoms with E-state index in [1.807, 2.05) is 5.38 Å². The third-order valence-corrected chi connectivity index (χ3v) is 4.93. The van der Waals surface area contributed by atoms with Crippen LogP contribution in [0, 0.1) is 0 Å². The minimum absolute atomic E-state index is 0.0820. The van der Waals surface area contributed by atoms with E-state index in [0.29, 0.717) is 26.1 Å². The fourth-order valence-corrected chi connectivity index (χ4v) is 3.43. The number of halogens is 2. The molecule has 2 aromatic rings. The predicted octanol–water partition coefficient (Wildman–Crippen LogP) is 2.82. The van der Waals surface area contributed by atoms with Gasteiger partial charge in [0.15, 0.2) is 5.13 Å². The summed E-state index contributed by atoms with van der Waals surface area (Å²) in [4.78, 5) is 20.5. The van der Waals surface area contributed by atoms with Gasteiger partial charge in [-0.25, -0.2) is 9.78 Å². The van der Waals surface area contributed by atoms with Crippen LogP contribution in [-0.2, 0) is 6.42 Å². The molecule has 2 amide bonds. The van der Waals surface area contributed by atoms with Crippen LogP contribution < -0.4 is 15.0 Å². The highest BCUT2D eigenvalue weighted by molar-refractivity contribution is 7.13. The van der Waals surface area contributed by atoms with Gasteiger partial charge < -0.3 is 19.9 Å². The Kier molecular flexibility index (Phi) is 6.21. The first-order chi connectivity index (χ1) is 12.6. The number of hydrogen-bond acceptors (Lipinski definition) is 5. The number of alkyl halides is 2. The summed E-state index contributed by atoms with van der Waals surface area (Å²) in [6, 6.07) is 6.36. The average Bonchev–Trinajstić information content (AvgIpc) is 3.17. The molecule has 1 fully saturated rings. The lowest BCUT2D eigenvalue weighted by Crippen LogP contribution is -2.52. The highest BCUT2D eigenvalue weighted by atomic mass is 32.1. The quantitative estimate of drug-likeness (QED) is 0.835. The summed E-state index contributed by atoms with van der Waals surface area (Å²) in [5, 5.41) is 5.84. The molecule has 1 aromatic carbocycles. The number of amides is 2. The molecule has 1 saturated heterocycles. The predicted molar refractivity (Wildman–Crippen MR) is 96.1 cm³/mol. The fourth-order valence-electron chi connectivity index (χ4n) is 2.74. The van der Waals surface area contributed by atoms with E-state index in [2.05, 4.69) is 19.9 Å². The van der Waals surface area contributed by atoms with Crippen molar-refractivity contribution in [3.8, 4) is 5.75 Å². The maximum Gasteiger partial charge on any atom is 0.387 e. The average molecular weight is 382 g/mol. The Morgan fingerprint density at radius 1 is 1.23 bits per heavy atom. The molecule has 0 saturated carbocycles. The second kappa shape index (κ2) is 8.79. The molecule has 9 heteroatoms. The van der Waals surface area contributed by atoms with E-state index in [4.69, 9.17) is 0 Å². The van der Waals surface area contributed by atoms with Gasteiger partial charge >= 0.3 is 12.6 Å². The van der Waals surface area contributed by atoms with Crippen LogP contribution in [-0.4, -0.2) is 55.3 Å². The molecule has 26 heavy (non-hydrogen) atoms. The van der Waals surface area contributed by atoms with Gasteiger partial charge in [0.2, 0.25) is 0 Å². The number of thiazole rings is 1. The summed E-state index contributed by atoms with van der Waals surface area (Å²) >= 11 is 1.60. The van der Waals surface area contributed by atoms with Crippen LogP contribution in [0.4, 0.5) is 18.7 Å². The van der Waals surface area contributed by atoms with Crippen LogP contribution in [0.25, 0.3) is 0 Å². The van der Waals surface area contributed by atoms with Crippen molar-refractivity contribution < 1.29 is 18.3 Å². The second-order valence-electron chi connectivity index (χ2n) is 5.79. The van der Waals surface area contributed by atoms with Crippen molar-refractivity contribution in [2.45, 2.75) is 13.0 Å². The van der Waals surface area contributed by atoms with Crippen LogP contribution in [0.15, 0.2) is 35.8 Å². The number of urea groups is 1. The first-order valence-corrected chi connectivity index (χ1v) is 9.21. The largest absolute Gasteiger partial charge is 0.435 e. The molecule has 6 nitrogen and oxygen atoms in total. The van der Waals surface area contributed by atoms with Crippen molar-refractivity contribution in [1.82, 2.24) is 15.2 Å². The standard InChI is InChI=1S/C17H20F2N4O2S/c18-15(19)25-14-3-1-13(2-4-14)5-6-20-16(24)22-8-10-23(11-9-22)17-21-7-12-26-17/h1-4,7,12,15H,5-6,8-11H2,(H,20,24). The van der Waals surface area contributed by atoms with E-state index < -0.39 is 6.61 Å². The van der Waals surface area contributed by atoms with Crippen LogP contribution in [0.1, 0.15) is 5.56 Å². The molecule has 0 spiro atoms. The van der Waals surface area contributed by atoms with Gasteiger partial charge in [0, 0.05) is 44.3 Å². The summed E-state index contributed by atoms with van der Waals surface area (Å²) in [5.74, 6) is 0.130. The minimum Gasteiger partial charge on any atom is -0.435 e. The maximum absolute atomic E-state index is 12.2. The molecular weight excluding hydrogens is 362 g/mol. The van der Waals surface area contributed by atoms with Gasteiger partial charge in [0.1, 0.15) is 5.75 Å². The minimum atomic E-state index is -2.82. The number of hydrogen-bond donors (Lipinski definition) is 1. The third-order valence-electron chi connectivity index (χ3n) is 4.10. The Morgan fingerprint density at radius 2 is 1.96 bits per heavy atom. The molecule has 0 bridgehead atoms. The van der Waals surface area contributed by atoms with E-state index in [1.54, 1.807) is 34.6 Å². The number of nitrogens with zero attached hydrogens (tertiary/aromatic N) is 3. The summed E-state index contributed by atoms with van der Waals surface area (Å²) in [6.45, 7) is 0.520. The summed E-state index contributed by atoms with van der Waals surface area (Å²) in [5.41, 5.74) is 0.945. The lowest BCUT2D eigenvalue weighted by Gasteiger charge is -2.34. The molecule has 2 heterocycles. The van der Waals surface area contributed by atoms with Crippen LogP contribution in [0.3, 0.4) is 0 Å². The number of ether oxygens (including phenoxy) is 1. The number of benzene rings is 1. The van der Waals surface area contributed by atoms with Crippen molar-refractivity contribution in [3.05, 3.63) is 41.4 Å². The molecule has 140 valence electrons. The van der Waals surface area contributed by atoms with Crippen molar-refractivity contribution in [3.63, 3.8) is 0 Å². The molecule has 0 atom stereocenters. The molecule has 0 unspecified atom stereocenters. The van der Waals surface area contributed by atoms with Gasteiger partial charge in [0.05, 0.1) is 0 Å². The van der Waals surface area contributed by atoms with Crippen molar-refractivity contribution in [2.75, 3.05) is 37.6 Å². The Morgan fingerprint density at radius 3 is 2.58 bits per heavy atom. The Bertz CT molecular complexity index is 689. The van der Waals surface area contributed by atoms with Gasteiger partial charge in [-0.05, 0) is 24.1 Å². The zero-order valence-corrected chi connectivity index (χ0v) is 14.9. The number of piperazine rings is 1. The van der Waals surface area contributed by atoms with Crippen molar-refractivity contribution in [2.24, 2.45) is 0 Å². The molecule has 0 radical (unpaired) electrons. The summed E-state index contributed by atoms with van der Waals surface area (Å²) in [7, 11) is 0. The molecular formula is C17H20F2N4O2S. The van der Waals surface area contributed by atoms with Crippen LogP contribution >= 0.6 is 11.3 Å². The number of aromatic nitrogens is 1. The van der Waals surface area contributed by atoms with Gasteiger partial charge in [0.25, 0.3) is 0 Å². The van der Waals surface area contributed by atoms with Gasteiger partial charge in [-0.3, -0.25) is 0 Å². The lowest BCUT2D eigenvalue weighted by atomic mass is 10.1. The fraction of sp³-hybridized carbons (Fsp3) is 0.412. The van der Waals surface area contributed by atoms with Gasteiger partial charge in [-0.1, -0.05) is 12.1 Å². The number of carbonyl (C=O) groups is 1. The number of anilines is 1. The van der Waals surface area contributed by atoms with E-state index >= 15 is 0 Å². The van der Waals surface area contributed by atoms with Gasteiger partial charge in [-0.15, -0.1) is 11.3 Å². The van der Waals surface area contributed by atoms with E-state index in [-0.39, 0.29) is 11.8 Å². The summed E-state index contributed by atoms with van der Waals surface area (Å²) < 4.78 is 28.5. The SMILES string of the molecule is O=C(NCCc1ccc(OC(F)F)cc1)N1CCN(c2nccs2)CC1. The molecule has 1 aliphatic rings. The first kappa shape index (κ1) is 18.4. The van der Waals surface area contributed by atoms with E-state index in [0.717, 1.165) is 23.8 Å². The first-order valence-electron chi connectivity index (χ1n) is 8.33. The Balaban J connectivity index is 1.38. The van der Waals surface area contributed by atoms with Gasteiger partial charge in [-0.2, -0.15) is 8.78 Å². The van der Waals surface area contributed by atoms with E-state index in [1.165, 1.54) is 12.1 Å². The molecule has 1 aliphatic heterocycles. The molecule has 3 rings (SSSR count). The topological polar surface area (TPSA) is 57.7 Å². The number of carbonyl (C=O) groups excluding carboxylic acids is 1. The zero-order chi connectivity index (χ0) is 18.4. The normalized spacial score (nSPS) is 14.6. The van der Waals surface area contributed by atoms with Crippen molar-refractivity contribution in [1.29, 1.82) is 0 Å². The number of nitrogens with one attached hydrogen (secondary N) is 1. The summed E-state index contributed by atoms with van der Waals surface area (Å²) in [6.07, 6.45) is 2.41. The highest BCUT2D eigenvalue weighted by Gasteiger charge is 2.21. The maximum atomic E-state index is 12.2. The second-order valence-corrected chi connectivity index (χ2v) is 6.67.